The van der Waals surface area contributed by atoms with Gasteiger partial charge in [0.1, 0.15) is 10.4 Å². The quantitative estimate of drug-likeness (QED) is 0.512. The number of nitrogens with zero attached hydrogens (tertiary/aromatic N) is 3. The number of carbonyl (C=O) groups excluding carboxylic acids is 2. The molecule has 2 amide bonds. The van der Waals surface area contributed by atoms with Gasteiger partial charge in [0.15, 0.2) is 5.13 Å². The maximum atomic E-state index is 13.2. The number of thiazole rings is 1. The predicted octanol–water partition coefficient (Wildman–Crippen LogP) is 4.64. The molecule has 1 fully saturated rings. The lowest BCUT2D eigenvalue weighted by Crippen LogP contribution is -2.45. The first kappa shape index (κ1) is 20.7. The van der Waals surface area contributed by atoms with Gasteiger partial charge in [0, 0.05) is 18.7 Å². The molecule has 0 spiro atoms. The van der Waals surface area contributed by atoms with Gasteiger partial charge in [-0.3, -0.25) is 19.7 Å². The van der Waals surface area contributed by atoms with Crippen molar-refractivity contribution in [1.82, 2.24) is 9.88 Å². The largest absolute Gasteiger partial charge is 0.322 e. The summed E-state index contributed by atoms with van der Waals surface area (Å²) in [5, 5.41) is 14.3. The highest BCUT2D eigenvalue weighted by Crippen LogP contribution is 2.34. The van der Waals surface area contributed by atoms with Crippen molar-refractivity contribution in [2.24, 2.45) is 5.92 Å². The number of non-ortho nitro benzene ring substituents is 1. The maximum Gasteiger partial charge on any atom is 0.270 e. The molecule has 10 heteroatoms. The number of nitrogens with one attached hydrogen (secondary N) is 1. The monoisotopic (exact) mass is 448 g/mol. The minimum atomic E-state index is -0.672. The van der Waals surface area contributed by atoms with Gasteiger partial charge in [-0.2, -0.15) is 0 Å². The van der Waals surface area contributed by atoms with Crippen LogP contribution in [0.25, 0.3) is 0 Å². The molecule has 1 saturated carbocycles. The van der Waals surface area contributed by atoms with Crippen molar-refractivity contribution in [3.63, 3.8) is 0 Å². The standard InChI is InChI=1S/C20H21ClN4O4S/c21-17-10-22-20(30-17)23-18(26)16(8-12-4-2-1-3-5-12)24-11-13-6-7-14(25(28)29)9-15(13)19(24)27/h6-7,9-10,12,16H,1-5,8,11H2,(H,22,23,26)/t16-/m1/s1. The molecular weight excluding hydrogens is 428 g/mol. The molecule has 1 aliphatic carbocycles. The summed E-state index contributed by atoms with van der Waals surface area (Å²) < 4.78 is 0.464. The number of fused-ring (bicyclic) bond motifs is 1. The van der Waals surface area contributed by atoms with Crippen LogP contribution in [0, 0.1) is 16.0 Å². The number of nitro groups is 1. The van der Waals surface area contributed by atoms with Crippen LogP contribution in [0.15, 0.2) is 24.4 Å². The van der Waals surface area contributed by atoms with Crippen LogP contribution in [0.5, 0.6) is 0 Å². The van der Waals surface area contributed by atoms with Crippen LogP contribution in [0.1, 0.15) is 54.4 Å². The van der Waals surface area contributed by atoms with E-state index in [2.05, 4.69) is 10.3 Å². The molecule has 1 aromatic heterocycles. The zero-order chi connectivity index (χ0) is 21.3. The number of amides is 2. The summed E-state index contributed by atoms with van der Waals surface area (Å²) in [7, 11) is 0. The lowest BCUT2D eigenvalue weighted by molar-refractivity contribution is -0.384. The zero-order valence-corrected chi connectivity index (χ0v) is 17.7. The van der Waals surface area contributed by atoms with Gasteiger partial charge in [-0.1, -0.05) is 55.0 Å². The Morgan fingerprint density at radius 3 is 2.80 bits per heavy atom. The van der Waals surface area contributed by atoms with Crippen LogP contribution in [0.2, 0.25) is 4.34 Å². The second kappa shape index (κ2) is 8.69. The summed E-state index contributed by atoms with van der Waals surface area (Å²) in [5.41, 5.74) is 0.863. The summed E-state index contributed by atoms with van der Waals surface area (Å²) in [6, 6.07) is 3.62. The molecule has 2 aliphatic rings. The molecule has 0 radical (unpaired) electrons. The Bertz CT molecular complexity index is 989. The first-order chi connectivity index (χ1) is 14.4. The fourth-order valence-corrected chi connectivity index (χ4v) is 5.11. The number of rotatable bonds is 6. The van der Waals surface area contributed by atoms with E-state index in [-0.39, 0.29) is 24.0 Å². The Balaban J connectivity index is 1.58. The van der Waals surface area contributed by atoms with E-state index in [0.29, 0.717) is 32.9 Å². The molecule has 1 aromatic carbocycles. The van der Waals surface area contributed by atoms with Crippen LogP contribution in [0.4, 0.5) is 10.8 Å². The molecule has 1 aliphatic heterocycles. The number of nitro benzene ring substituents is 1. The van der Waals surface area contributed by atoms with Crippen molar-refractivity contribution in [2.75, 3.05) is 5.32 Å². The lowest BCUT2D eigenvalue weighted by Gasteiger charge is -2.31. The van der Waals surface area contributed by atoms with Crippen LogP contribution in [0.3, 0.4) is 0 Å². The SMILES string of the molecule is O=C(Nc1ncc(Cl)s1)[C@@H](CC1CCCCC1)N1Cc2ccc([N+](=O)[O-])cc2C1=O. The molecule has 0 saturated heterocycles. The van der Waals surface area contributed by atoms with Crippen LogP contribution >= 0.6 is 22.9 Å². The van der Waals surface area contributed by atoms with Crippen molar-refractivity contribution in [3.8, 4) is 0 Å². The van der Waals surface area contributed by atoms with Crippen molar-refractivity contribution < 1.29 is 14.5 Å². The van der Waals surface area contributed by atoms with Gasteiger partial charge in [0.25, 0.3) is 11.6 Å². The average molecular weight is 449 g/mol. The van der Waals surface area contributed by atoms with E-state index in [0.717, 1.165) is 37.0 Å². The average Bonchev–Trinajstić information content (AvgIpc) is 3.29. The molecule has 30 heavy (non-hydrogen) atoms. The number of benzene rings is 1. The molecule has 0 bridgehead atoms. The first-order valence-corrected chi connectivity index (χ1v) is 11.1. The number of carbonyl (C=O) groups is 2. The summed E-state index contributed by atoms with van der Waals surface area (Å²) >= 11 is 7.08. The number of hydrogen-bond acceptors (Lipinski definition) is 6. The van der Waals surface area contributed by atoms with Gasteiger partial charge in [0.05, 0.1) is 16.7 Å². The van der Waals surface area contributed by atoms with Gasteiger partial charge in [-0.25, -0.2) is 4.98 Å². The molecular formula is C20H21ClN4O4S. The molecule has 4 rings (SSSR count). The Hall–Kier alpha value is -2.52. The fourth-order valence-electron chi connectivity index (χ4n) is 4.29. The van der Waals surface area contributed by atoms with E-state index in [1.54, 1.807) is 6.07 Å². The van der Waals surface area contributed by atoms with Gasteiger partial charge in [-0.05, 0) is 24.0 Å². The molecule has 2 aromatic rings. The van der Waals surface area contributed by atoms with Crippen LogP contribution in [-0.2, 0) is 11.3 Å². The highest BCUT2D eigenvalue weighted by atomic mass is 35.5. The number of hydrogen-bond donors (Lipinski definition) is 1. The summed E-state index contributed by atoms with van der Waals surface area (Å²) in [5.74, 6) is -0.288. The third-order valence-corrected chi connectivity index (χ3v) is 6.83. The topological polar surface area (TPSA) is 105 Å². The molecule has 2 heterocycles. The Labute approximate surface area is 182 Å². The van der Waals surface area contributed by atoms with E-state index < -0.39 is 11.0 Å². The summed E-state index contributed by atoms with van der Waals surface area (Å²) in [6.45, 7) is 0.260. The minimum absolute atomic E-state index is 0.130. The van der Waals surface area contributed by atoms with Crippen molar-refractivity contribution >= 4 is 45.6 Å². The first-order valence-electron chi connectivity index (χ1n) is 9.93. The maximum absolute atomic E-state index is 13.2. The second-order valence-corrected chi connectivity index (χ2v) is 9.41. The Morgan fingerprint density at radius 2 is 2.13 bits per heavy atom. The molecule has 0 unspecified atom stereocenters. The number of anilines is 1. The van der Waals surface area contributed by atoms with Gasteiger partial charge in [0.2, 0.25) is 5.91 Å². The smallest absolute Gasteiger partial charge is 0.270 e. The number of aromatic nitrogens is 1. The van der Waals surface area contributed by atoms with Crippen molar-refractivity contribution in [2.45, 2.75) is 51.1 Å². The third-order valence-electron chi connectivity index (χ3n) is 5.80. The lowest BCUT2D eigenvalue weighted by atomic mass is 9.84. The van der Waals surface area contributed by atoms with Gasteiger partial charge < -0.3 is 10.2 Å². The Morgan fingerprint density at radius 1 is 1.37 bits per heavy atom. The van der Waals surface area contributed by atoms with Crippen LogP contribution in [-0.4, -0.2) is 32.7 Å². The Kier molecular flexibility index (Phi) is 6.01. The van der Waals surface area contributed by atoms with E-state index in [1.807, 2.05) is 0 Å². The van der Waals surface area contributed by atoms with Gasteiger partial charge in [-0.15, -0.1) is 0 Å². The normalized spacial score (nSPS) is 17.6. The van der Waals surface area contributed by atoms with Gasteiger partial charge >= 0.3 is 0 Å². The summed E-state index contributed by atoms with van der Waals surface area (Å²) in [6.07, 6.45) is 7.55. The summed E-state index contributed by atoms with van der Waals surface area (Å²) in [4.78, 5) is 42.5. The van der Waals surface area contributed by atoms with E-state index in [1.165, 1.54) is 29.7 Å². The van der Waals surface area contributed by atoms with E-state index in [4.69, 9.17) is 11.6 Å². The minimum Gasteiger partial charge on any atom is -0.322 e. The molecule has 8 nitrogen and oxygen atoms in total. The third kappa shape index (κ3) is 4.32. The van der Waals surface area contributed by atoms with Crippen molar-refractivity contribution in [1.29, 1.82) is 0 Å². The van der Waals surface area contributed by atoms with Crippen molar-refractivity contribution in [3.05, 3.63) is 50.0 Å². The molecule has 1 atom stereocenters. The number of halogens is 1. The fraction of sp³-hybridized carbons (Fsp3) is 0.450. The highest BCUT2D eigenvalue weighted by molar-refractivity contribution is 7.19. The zero-order valence-electron chi connectivity index (χ0n) is 16.2. The van der Waals surface area contributed by atoms with E-state index >= 15 is 0 Å². The highest BCUT2D eigenvalue weighted by Gasteiger charge is 2.38. The molecule has 158 valence electrons. The predicted molar refractivity (Wildman–Crippen MR) is 114 cm³/mol. The van der Waals surface area contributed by atoms with E-state index in [9.17, 15) is 19.7 Å². The second-order valence-electron chi connectivity index (χ2n) is 7.75. The molecule has 1 N–H and O–H groups in total. The van der Waals surface area contributed by atoms with Crippen LogP contribution < -0.4 is 5.32 Å².